The third kappa shape index (κ3) is 3.01. The zero-order valence-corrected chi connectivity index (χ0v) is 13.3. The quantitative estimate of drug-likeness (QED) is 0.835. The number of carbonyl (C=O) groups excluding carboxylic acids is 1. The molecule has 3 rings (SSSR count). The fourth-order valence-electron chi connectivity index (χ4n) is 3.21. The van der Waals surface area contributed by atoms with E-state index >= 15 is 0 Å². The lowest BCUT2D eigenvalue weighted by molar-refractivity contribution is -0.135. The van der Waals surface area contributed by atoms with Crippen molar-refractivity contribution in [3.63, 3.8) is 0 Å². The maximum atomic E-state index is 12.6. The molecule has 0 bridgehead atoms. The van der Waals surface area contributed by atoms with Crippen molar-refractivity contribution < 1.29 is 13.2 Å². The second kappa shape index (κ2) is 6.34. The number of nitrogens with zero attached hydrogens (tertiary/aromatic N) is 3. The van der Waals surface area contributed by atoms with Crippen LogP contribution in [0.2, 0.25) is 0 Å². The highest BCUT2D eigenvalue weighted by atomic mass is 32.2. The van der Waals surface area contributed by atoms with Gasteiger partial charge in [-0.05, 0) is 37.8 Å². The van der Waals surface area contributed by atoms with E-state index in [-0.39, 0.29) is 23.3 Å². The number of amides is 1. The summed E-state index contributed by atoms with van der Waals surface area (Å²) < 4.78 is 26.7. The Morgan fingerprint density at radius 3 is 2.64 bits per heavy atom. The number of sulfonamides is 1. The lowest BCUT2D eigenvalue weighted by Gasteiger charge is -2.33. The number of hydrogen-bond acceptors (Lipinski definition) is 4. The Kier molecular flexibility index (Phi) is 4.44. The Morgan fingerprint density at radius 1 is 1.18 bits per heavy atom. The van der Waals surface area contributed by atoms with Gasteiger partial charge in [0.1, 0.15) is 4.90 Å². The van der Waals surface area contributed by atoms with Crippen LogP contribution in [0, 0.1) is 5.92 Å². The minimum absolute atomic E-state index is 0.114. The smallest absolute Gasteiger partial charge is 0.244 e. The van der Waals surface area contributed by atoms with Gasteiger partial charge in [-0.2, -0.15) is 4.31 Å². The van der Waals surface area contributed by atoms with Gasteiger partial charge in [-0.15, -0.1) is 0 Å². The molecule has 7 heteroatoms. The van der Waals surface area contributed by atoms with Gasteiger partial charge in [0.05, 0.1) is 5.92 Å². The standard InChI is InChI=1S/C15H21N3O3S/c19-15(17-8-1-2-9-17)13-5-4-10-18(12-13)22(20,21)14-6-3-7-16-11-14/h3,6-7,11,13H,1-2,4-5,8-10,12H2/t13-/m1/s1. The molecule has 6 nitrogen and oxygen atoms in total. The van der Waals surface area contributed by atoms with Crippen LogP contribution >= 0.6 is 0 Å². The number of carbonyl (C=O) groups is 1. The summed E-state index contributed by atoms with van der Waals surface area (Å²) in [6, 6.07) is 3.16. The molecular weight excluding hydrogens is 302 g/mol. The van der Waals surface area contributed by atoms with E-state index in [0.29, 0.717) is 6.54 Å². The van der Waals surface area contributed by atoms with E-state index < -0.39 is 10.0 Å². The molecule has 2 aliphatic rings. The van der Waals surface area contributed by atoms with Crippen LogP contribution in [-0.4, -0.2) is 54.7 Å². The van der Waals surface area contributed by atoms with Gasteiger partial charge in [-0.25, -0.2) is 8.42 Å². The number of hydrogen-bond donors (Lipinski definition) is 0. The van der Waals surface area contributed by atoms with Crippen LogP contribution in [0.1, 0.15) is 25.7 Å². The molecule has 0 saturated carbocycles. The summed E-state index contributed by atoms with van der Waals surface area (Å²) in [5, 5.41) is 0. The molecule has 0 aromatic carbocycles. The molecule has 2 fully saturated rings. The van der Waals surface area contributed by atoms with E-state index in [2.05, 4.69) is 4.98 Å². The summed E-state index contributed by atoms with van der Waals surface area (Å²) in [4.78, 5) is 18.5. The maximum absolute atomic E-state index is 12.6. The molecule has 0 radical (unpaired) electrons. The molecule has 1 aromatic heterocycles. The number of piperidine rings is 1. The molecule has 22 heavy (non-hydrogen) atoms. The van der Waals surface area contributed by atoms with Crippen molar-refractivity contribution in [1.82, 2.24) is 14.2 Å². The molecule has 1 atom stereocenters. The van der Waals surface area contributed by atoms with E-state index in [1.807, 2.05) is 4.90 Å². The van der Waals surface area contributed by atoms with Crippen molar-refractivity contribution in [2.45, 2.75) is 30.6 Å². The molecule has 1 aromatic rings. The molecule has 0 aliphatic carbocycles. The first kappa shape index (κ1) is 15.4. The summed E-state index contributed by atoms with van der Waals surface area (Å²) >= 11 is 0. The average molecular weight is 323 g/mol. The van der Waals surface area contributed by atoms with Crippen molar-refractivity contribution in [2.75, 3.05) is 26.2 Å². The Morgan fingerprint density at radius 2 is 1.95 bits per heavy atom. The van der Waals surface area contributed by atoms with Crippen LogP contribution in [-0.2, 0) is 14.8 Å². The largest absolute Gasteiger partial charge is 0.342 e. The molecule has 3 heterocycles. The minimum Gasteiger partial charge on any atom is -0.342 e. The number of aromatic nitrogens is 1. The first-order valence-electron chi connectivity index (χ1n) is 7.78. The minimum atomic E-state index is -3.55. The Bertz CT molecular complexity index is 627. The van der Waals surface area contributed by atoms with Gasteiger partial charge in [-0.1, -0.05) is 0 Å². The van der Waals surface area contributed by atoms with Crippen molar-refractivity contribution in [3.05, 3.63) is 24.5 Å². The van der Waals surface area contributed by atoms with Crippen LogP contribution in [0.3, 0.4) is 0 Å². The molecule has 120 valence electrons. The van der Waals surface area contributed by atoms with Gasteiger partial charge < -0.3 is 4.90 Å². The van der Waals surface area contributed by atoms with Crippen molar-refractivity contribution in [2.24, 2.45) is 5.92 Å². The lowest BCUT2D eigenvalue weighted by Crippen LogP contribution is -2.46. The fourth-order valence-corrected chi connectivity index (χ4v) is 4.70. The fraction of sp³-hybridized carbons (Fsp3) is 0.600. The third-order valence-electron chi connectivity index (χ3n) is 4.42. The molecule has 0 N–H and O–H groups in total. The van der Waals surface area contributed by atoms with E-state index in [1.54, 1.807) is 18.3 Å². The Labute approximate surface area is 131 Å². The van der Waals surface area contributed by atoms with E-state index in [4.69, 9.17) is 0 Å². The molecule has 1 amide bonds. The van der Waals surface area contributed by atoms with Gasteiger partial charge in [0, 0.05) is 38.6 Å². The van der Waals surface area contributed by atoms with Gasteiger partial charge in [-0.3, -0.25) is 9.78 Å². The van der Waals surface area contributed by atoms with Crippen LogP contribution in [0.4, 0.5) is 0 Å². The summed E-state index contributed by atoms with van der Waals surface area (Å²) in [7, 11) is -3.55. The zero-order valence-electron chi connectivity index (χ0n) is 12.5. The Hall–Kier alpha value is -1.47. The summed E-state index contributed by atoms with van der Waals surface area (Å²) in [6.45, 7) is 2.38. The molecule has 0 unspecified atom stereocenters. The predicted octanol–water partition coefficient (Wildman–Crippen LogP) is 1.10. The van der Waals surface area contributed by atoms with Crippen LogP contribution in [0.15, 0.2) is 29.4 Å². The third-order valence-corrected chi connectivity index (χ3v) is 6.27. The van der Waals surface area contributed by atoms with Crippen LogP contribution in [0.25, 0.3) is 0 Å². The summed E-state index contributed by atoms with van der Waals surface area (Å²) in [5.74, 6) is -0.0955. The maximum Gasteiger partial charge on any atom is 0.244 e. The topological polar surface area (TPSA) is 70.6 Å². The highest BCUT2D eigenvalue weighted by molar-refractivity contribution is 7.89. The summed E-state index contributed by atoms with van der Waals surface area (Å²) in [5.41, 5.74) is 0. The normalized spacial score (nSPS) is 23.6. The predicted molar refractivity (Wildman–Crippen MR) is 81.5 cm³/mol. The number of rotatable bonds is 3. The highest BCUT2D eigenvalue weighted by Gasteiger charge is 2.35. The monoisotopic (exact) mass is 323 g/mol. The Balaban J connectivity index is 1.74. The summed E-state index contributed by atoms with van der Waals surface area (Å²) in [6.07, 6.45) is 6.51. The van der Waals surface area contributed by atoms with Gasteiger partial charge in [0.25, 0.3) is 0 Å². The van der Waals surface area contributed by atoms with Crippen molar-refractivity contribution in [3.8, 4) is 0 Å². The van der Waals surface area contributed by atoms with E-state index in [0.717, 1.165) is 38.8 Å². The van der Waals surface area contributed by atoms with Crippen LogP contribution in [0.5, 0.6) is 0 Å². The zero-order chi connectivity index (χ0) is 15.6. The van der Waals surface area contributed by atoms with Crippen molar-refractivity contribution in [1.29, 1.82) is 0 Å². The van der Waals surface area contributed by atoms with Gasteiger partial charge in [0.15, 0.2) is 0 Å². The average Bonchev–Trinajstić information content (AvgIpc) is 3.09. The highest BCUT2D eigenvalue weighted by Crippen LogP contribution is 2.25. The first-order chi connectivity index (χ1) is 10.6. The SMILES string of the molecule is O=C([C@@H]1CCCN(S(=O)(=O)c2cccnc2)C1)N1CCCC1. The van der Waals surface area contributed by atoms with E-state index in [1.165, 1.54) is 10.5 Å². The number of pyridine rings is 1. The molecule has 0 spiro atoms. The van der Waals surface area contributed by atoms with Crippen molar-refractivity contribution >= 4 is 15.9 Å². The molecule has 2 saturated heterocycles. The second-order valence-corrected chi connectivity index (χ2v) is 7.86. The van der Waals surface area contributed by atoms with Crippen LogP contribution < -0.4 is 0 Å². The van der Waals surface area contributed by atoms with E-state index in [9.17, 15) is 13.2 Å². The van der Waals surface area contributed by atoms with Gasteiger partial charge in [0.2, 0.25) is 15.9 Å². The molecular formula is C15H21N3O3S. The first-order valence-corrected chi connectivity index (χ1v) is 9.22. The second-order valence-electron chi connectivity index (χ2n) is 5.92. The lowest BCUT2D eigenvalue weighted by atomic mass is 9.98. The van der Waals surface area contributed by atoms with Gasteiger partial charge >= 0.3 is 0 Å². The number of likely N-dealkylation sites (tertiary alicyclic amines) is 1. The molecule has 2 aliphatic heterocycles.